The zero-order chi connectivity index (χ0) is 25.9. The number of amides is 2. The Morgan fingerprint density at radius 1 is 0.973 bits per heavy atom. The molecular weight excluding hydrogens is 470 g/mol. The van der Waals surface area contributed by atoms with Crippen molar-refractivity contribution in [3.63, 3.8) is 0 Å². The van der Waals surface area contributed by atoms with Gasteiger partial charge in [0.05, 0.1) is 31.7 Å². The number of hydrogen-bond acceptors (Lipinski definition) is 8. The van der Waals surface area contributed by atoms with Gasteiger partial charge in [-0.05, 0) is 36.7 Å². The molecule has 9 nitrogen and oxygen atoms in total. The van der Waals surface area contributed by atoms with E-state index in [2.05, 4.69) is 15.9 Å². The molecule has 0 aliphatic carbocycles. The summed E-state index contributed by atoms with van der Waals surface area (Å²) in [6.07, 6.45) is 1.14. The molecule has 2 aliphatic rings. The number of nitrogens with zero attached hydrogens (tertiary/aromatic N) is 5. The zero-order valence-corrected chi connectivity index (χ0v) is 21.1. The molecule has 1 saturated heterocycles. The van der Waals surface area contributed by atoms with Crippen LogP contribution in [0.3, 0.4) is 0 Å². The molecule has 1 fully saturated rings. The third kappa shape index (κ3) is 4.80. The lowest BCUT2D eigenvalue weighted by Crippen LogP contribution is -2.46. The molecule has 0 saturated carbocycles. The molecular formula is C28H29N5O4. The largest absolute Gasteiger partial charge is 0.493 e. The number of imide groups is 1. The van der Waals surface area contributed by atoms with Crippen molar-refractivity contribution in [1.82, 2.24) is 14.8 Å². The van der Waals surface area contributed by atoms with Gasteiger partial charge in [0.2, 0.25) is 5.91 Å². The van der Waals surface area contributed by atoms with Gasteiger partial charge >= 0.3 is 0 Å². The first kappa shape index (κ1) is 24.5. The normalized spacial score (nSPS) is 16.4. The molecule has 0 unspecified atom stereocenters. The molecule has 5 rings (SSSR count). The number of fused-ring (bicyclic) bond motifs is 2. The minimum absolute atomic E-state index is 0.147. The first-order valence-electron chi connectivity index (χ1n) is 12.4. The van der Waals surface area contributed by atoms with E-state index in [0.29, 0.717) is 48.1 Å². The van der Waals surface area contributed by atoms with Crippen LogP contribution < -0.4 is 14.4 Å². The average Bonchev–Trinajstić information content (AvgIpc) is 3.17. The van der Waals surface area contributed by atoms with Crippen LogP contribution in [0.5, 0.6) is 11.5 Å². The van der Waals surface area contributed by atoms with Crippen LogP contribution in [-0.2, 0) is 11.2 Å². The summed E-state index contributed by atoms with van der Waals surface area (Å²) in [6.45, 7) is 4.00. The number of carbonyl (C=O) groups is 2. The average molecular weight is 500 g/mol. The molecule has 190 valence electrons. The Balaban J connectivity index is 1.29. The fraction of sp³-hybridized carbons (Fsp3) is 0.357. The molecule has 0 radical (unpaired) electrons. The fourth-order valence-corrected chi connectivity index (χ4v) is 5.09. The summed E-state index contributed by atoms with van der Waals surface area (Å²) in [5.74, 6) is 1.47. The quantitative estimate of drug-likeness (QED) is 0.478. The second-order valence-corrected chi connectivity index (χ2v) is 9.24. The topological polar surface area (TPSA) is 99.0 Å². The number of hydrogen-bond donors (Lipinski definition) is 0. The Kier molecular flexibility index (Phi) is 6.93. The molecule has 0 bridgehead atoms. The number of methoxy groups -OCH3 is 2. The highest BCUT2D eigenvalue weighted by Crippen LogP contribution is 2.34. The third-order valence-electron chi connectivity index (χ3n) is 7.08. The molecule has 2 aromatic carbocycles. The first-order chi connectivity index (χ1) is 18.0. The Morgan fingerprint density at radius 2 is 1.76 bits per heavy atom. The van der Waals surface area contributed by atoms with Crippen LogP contribution in [0.1, 0.15) is 27.9 Å². The SMILES string of the molecule is COc1cc2cc(C#N)c(N3CCCN(CCN4C(=O)Cc5ccccc5C4=O)CC3)nc2cc1OC. The van der Waals surface area contributed by atoms with Gasteiger partial charge in [-0.1, -0.05) is 18.2 Å². The summed E-state index contributed by atoms with van der Waals surface area (Å²) in [7, 11) is 3.16. The van der Waals surface area contributed by atoms with Gasteiger partial charge in [-0.2, -0.15) is 5.26 Å². The number of rotatable bonds is 6. The van der Waals surface area contributed by atoms with Crippen molar-refractivity contribution in [2.75, 3.05) is 58.4 Å². The minimum Gasteiger partial charge on any atom is -0.493 e. The Labute approximate surface area is 215 Å². The number of carbonyl (C=O) groups excluding carboxylic acids is 2. The highest BCUT2D eigenvalue weighted by Gasteiger charge is 2.31. The van der Waals surface area contributed by atoms with E-state index in [9.17, 15) is 14.9 Å². The lowest BCUT2D eigenvalue weighted by Gasteiger charge is -2.29. The molecule has 2 aliphatic heterocycles. The second-order valence-electron chi connectivity index (χ2n) is 9.24. The number of ether oxygens (including phenoxy) is 2. The maximum absolute atomic E-state index is 12.9. The van der Waals surface area contributed by atoms with E-state index in [0.717, 1.165) is 42.5 Å². The van der Waals surface area contributed by atoms with Gasteiger partial charge in [0.25, 0.3) is 5.91 Å². The first-order valence-corrected chi connectivity index (χ1v) is 12.4. The zero-order valence-electron chi connectivity index (χ0n) is 21.1. The summed E-state index contributed by atoms with van der Waals surface area (Å²) < 4.78 is 10.8. The summed E-state index contributed by atoms with van der Waals surface area (Å²) in [5, 5.41) is 10.7. The van der Waals surface area contributed by atoms with Gasteiger partial charge in [0.15, 0.2) is 11.5 Å². The van der Waals surface area contributed by atoms with Gasteiger partial charge in [0, 0.05) is 49.7 Å². The monoisotopic (exact) mass is 499 g/mol. The summed E-state index contributed by atoms with van der Waals surface area (Å²) in [5.41, 5.74) is 2.66. The van der Waals surface area contributed by atoms with Crippen molar-refractivity contribution in [2.24, 2.45) is 0 Å². The van der Waals surface area contributed by atoms with Crippen molar-refractivity contribution in [3.8, 4) is 17.6 Å². The van der Waals surface area contributed by atoms with Crippen molar-refractivity contribution in [2.45, 2.75) is 12.8 Å². The molecule has 0 spiro atoms. The van der Waals surface area contributed by atoms with E-state index in [-0.39, 0.29) is 18.2 Å². The summed E-state index contributed by atoms with van der Waals surface area (Å²) >= 11 is 0. The molecule has 2 amide bonds. The van der Waals surface area contributed by atoms with Gasteiger partial charge in [-0.25, -0.2) is 4.98 Å². The Hall–Kier alpha value is -4.16. The van der Waals surface area contributed by atoms with E-state index < -0.39 is 0 Å². The molecule has 1 aromatic heterocycles. The second kappa shape index (κ2) is 10.4. The Bertz CT molecular complexity index is 1400. The highest BCUT2D eigenvalue weighted by molar-refractivity contribution is 6.09. The Morgan fingerprint density at radius 3 is 2.54 bits per heavy atom. The molecule has 0 N–H and O–H groups in total. The fourth-order valence-electron chi connectivity index (χ4n) is 5.09. The number of nitriles is 1. The number of anilines is 1. The maximum Gasteiger partial charge on any atom is 0.260 e. The van der Waals surface area contributed by atoms with Gasteiger partial charge in [0.1, 0.15) is 11.9 Å². The van der Waals surface area contributed by atoms with E-state index in [1.54, 1.807) is 20.3 Å². The number of benzene rings is 2. The lowest BCUT2D eigenvalue weighted by atomic mass is 9.98. The van der Waals surface area contributed by atoms with Crippen molar-refractivity contribution < 1.29 is 19.1 Å². The van der Waals surface area contributed by atoms with Crippen molar-refractivity contribution in [3.05, 3.63) is 59.2 Å². The molecule has 0 atom stereocenters. The maximum atomic E-state index is 12.9. The smallest absolute Gasteiger partial charge is 0.260 e. The van der Waals surface area contributed by atoms with Gasteiger partial charge < -0.3 is 14.4 Å². The molecule has 3 heterocycles. The van der Waals surface area contributed by atoms with Crippen LogP contribution in [0.25, 0.3) is 10.9 Å². The highest BCUT2D eigenvalue weighted by atomic mass is 16.5. The molecule has 37 heavy (non-hydrogen) atoms. The van der Waals surface area contributed by atoms with Crippen molar-refractivity contribution >= 4 is 28.5 Å². The lowest BCUT2D eigenvalue weighted by molar-refractivity contribution is -0.128. The minimum atomic E-state index is -0.214. The van der Waals surface area contributed by atoms with Gasteiger partial charge in [-0.15, -0.1) is 0 Å². The standard InChI is InChI=1S/C28H29N5O4/c1-36-24-15-20-14-21(18-29)27(30-23(20)17-25(24)37-2)32-9-5-8-31(10-12-32)11-13-33-26(34)16-19-6-3-4-7-22(19)28(33)35/h3-4,6-7,14-15,17H,5,8-13,16H2,1-2H3. The van der Waals surface area contributed by atoms with Crippen molar-refractivity contribution in [1.29, 1.82) is 5.26 Å². The van der Waals surface area contributed by atoms with E-state index in [1.165, 1.54) is 4.90 Å². The van der Waals surface area contributed by atoms with Crippen LogP contribution in [0.2, 0.25) is 0 Å². The van der Waals surface area contributed by atoms with E-state index in [1.807, 2.05) is 36.4 Å². The van der Waals surface area contributed by atoms with Gasteiger partial charge in [-0.3, -0.25) is 19.4 Å². The van der Waals surface area contributed by atoms with Crippen LogP contribution in [0, 0.1) is 11.3 Å². The summed E-state index contributed by atoms with van der Waals surface area (Å²) in [4.78, 5) is 36.1. The van der Waals surface area contributed by atoms with Crippen LogP contribution >= 0.6 is 0 Å². The van der Waals surface area contributed by atoms with Crippen LogP contribution in [-0.4, -0.2) is 80.1 Å². The molecule has 3 aromatic rings. The molecule has 9 heteroatoms. The number of pyridine rings is 1. The predicted molar refractivity (Wildman–Crippen MR) is 139 cm³/mol. The van der Waals surface area contributed by atoms with Crippen LogP contribution in [0.15, 0.2) is 42.5 Å². The van der Waals surface area contributed by atoms with E-state index >= 15 is 0 Å². The summed E-state index contributed by atoms with van der Waals surface area (Å²) in [6, 6.07) is 15.1. The van der Waals surface area contributed by atoms with E-state index in [4.69, 9.17) is 14.5 Å². The number of aromatic nitrogens is 1. The predicted octanol–water partition coefficient (Wildman–Crippen LogP) is 2.86. The third-order valence-corrected chi connectivity index (χ3v) is 7.08. The van der Waals surface area contributed by atoms with Crippen LogP contribution in [0.4, 0.5) is 5.82 Å².